The summed E-state index contributed by atoms with van der Waals surface area (Å²) in [5, 5.41) is 2.81. The van der Waals surface area contributed by atoms with Gasteiger partial charge in [0.1, 0.15) is 0 Å². The van der Waals surface area contributed by atoms with Crippen LogP contribution in [-0.4, -0.2) is 38.2 Å². The van der Waals surface area contributed by atoms with E-state index in [-0.39, 0.29) is 11.9 Å². The Labute approximate surface area is 149 Å². The van der Waals surface area contributed by atoms with E-state index in [1.54, 1.807) is 28.1 Å². The molecule has 0 saturated carbocycles. The van der Waals surface area contributed by atoms with Gasteiger partial charge in [-0.3, -0.25) is 9.59 Å². The molecule has 0 unspecified atom stereocenters. The fourth-order valence-corrected chi connectivity index (χ4v) is 2.27. The first-order chi connectivity index (χ1) is 11.8. The summed E-state index contributed by atoms with van der Waals surface area (Å²) in [4.78, 5) is 24.0. The zero-order chi connectivity index (χ0) is 18.9. The quantitative estimate of drug-likeness (QED) is 0.656. The number of nitrogens with one attached hydrogen (secondary N) is 1. The largest absolute Gasteiger partial charge is 0.493 e. The summed E-state index contributed by atoms with van der Waals surface area (Å²) in [7, 11) is 3.17. The molecule has 0 aromatic heterocycles. The number of esters is 1. The molecule has 1 aromatic carbocycles. The highest BCUT2D eigenvalue weighted by Gasteiger charge is 2.31. The Morgan fingerprint density at radius 1 is 1.12 bits per heavy atom. The molecule has 1 N–H and O–H groups in total. The first-order valence-corrected chi connectivity index (χ1v) is 8.55. The van der Waals surface area contributed by atoms with Gasteiger partial charge in [0.15, 0.2) is 17.1 Å². The van der Waals surface area contributed by atoms with E-state index in [1.807, 2.05) is 25.1 Å². The van der Waals surface area contributed by atoms with Crippen LogP contribution in [0.3, 0.4) is 0 Å². The van der Waals surface area contributed by atoms with Crippen LogP contribution in [0.1, 0.15) is 45.6 Å². The van der Waals surface area contributed by atoms with Crippen molar-refractivity contribution in [2.75, 3.05) is 20.8 Å². The normalized spacial score (nSPS) is 10.9. The van der Waals surface area contributed by atoms with Gasteiger partial charge in [-0.05, 0) is 44.4 Å². The number of benzene rings is 1. The third-order valence-electron chi connectivity index (χ3n) is 3.80. The molecule has 6 nitrogen and oxygen atoms in total. The lowest BCUT2D eigenvalue weighted by atomic mass is 10.1. The van der Waals surface area contributed by atoms with Gasteiger partial charge in [-0.25, -0.2) is 0 Å². The fourth-order valence-electron chi connectivity index (χ4n) is 2.27. The van der Waals surface area contributed by atoms with Gasteiger partial charge >= 0.3 is 5.97 Å². The molecule has 6 heteroatoms. The van der Waals surface area contributed by atoms with Gasteiger partial charge in [-0.2, -0.15) is 0 Å². The van der Waals surface area contributed by atoms with Gasteiger partial charge in [0, 0.05) is 13.0 Å². The van der Waals surface area contributed by atoms with Crippen molar-refractivity contribution in [2.24, 2.45) is 0 Å². The molecule has 0 radical (unpaired) electrons. The van der Waals surface area contributed by atoms with Gasteiger partial charge in [-0.1, -0.05) is 19.4 Å². The van der Waals surface area contributed by atoms with Crippen LogP contribution in [-0.2, 0) is 20.7 Å². The summed E-state index contributed by atoms with van der Waals surface area (Å²) in [5.74, 6) is 0.659. The lowest BCUT2D eigenvalue weighted by molar-refractivity contribution is -0.165. The lowest BCUT2D eigenvalue weighted by Gasteiger charge is -2.24. The van der Waals surface area contributed by atoms with Crippen molar-refractivity contribution in [3.05, 3.63) is 23.8 Å². The molecule has 1 rings (SSSR count). The van der Waals surface area contributed by atoms with Crippen molar-refractivity contribution >= 4 is 11.9 Å². The summed E-state index contributed by atoms with van der Waals surface area (Å²) in [6, 6.07) is 5.62. The van der Waals surface area contributed by atoms with E-state index in [9.17, 15) is 9.59 Å². The molecule has 0 bridgehead atoms. The van der Waals surface area contributed by atoms with Gasteiger partial charge in [0.2, 0.25) is 0 Å². The van der Waals surface area contributed by atoms with Gasteiger partial charge in [-0.15, -0.1) is 0 Å². The highest BCUT2D eigenvalue weighted by Crippen LogP contribution is 2.27. The molecule has 0 aliphatic heterocycles. The fraction of sp³-hybridized carbons (Fsp3) is 0.579. The Morgan fingerprint density at radius 3 is 2.40 bits per heavy atom. The predicted molar refractivity (Wildman–Crippen MR) is 96.0 cm³/mol. The molecule has 1 amide bonds. The first-order valence-electron chi connectivity index (χ1n) is 8.55. The molecule has 0 spiro atoms. The van der Waals surface area contributed by atoms with Crippen LogP contribution in [0, 0.1) is 0 Å². The van der Waals surface area contributed by atoms with Crippen LogP contribution in [0.2, 0.25) is 0 Å². The Hall–Kier alpha value is -2.24. The minimum Gasteiger partial charge on any atom is -0.493 e. The van der Waals surface area contributed by atoms with Crippen molar-refractivity contribution in [1.29, 1.82) is 0 Å². The number of methoxy groups -OCH3 is 2. The Bertz CT molecular complexity index is 583. The molecule has 1 aromatic rings. The highest BCUT2D eigenvalue weighted by atomic mass is 16.6. The second-order valence-corrected chi connectivity index (χ2v) is 6.28. The average molecular weight is 351 g/mol. The topological polar surface area (TPSA) is 73.9 Å². The van der Waals surface area contributed by atoms with Crippen LogP contribution < -0.4 is 14.8 Å². The van der Waals surface area contributed by atoms with Crippen LogP contribution in [0.25, 0.3) is 0 Å². The maximum Gasteiger partial charge on any atom is 0.306 e. The van der Waals surface area contributed by atoms with Crippen LogP contribution in [0.15, 0.2) is 18.2 Å². The lowest BCUT2D eigenvalue weighted by Crippen LogP contribution is -2.46. The van der Waals surface area contributed by atoms with Gasteiger partial charge < -0.3 is 19.5 Å². The third-order valence-corrected chi connectivity index (χ3v) is 3.80. The molecule has 0 atom stereocenters. The number of hydrogen-bond acceptors (Lipinski definition) is 5. The van der Waals surface area contributed by atoms with E-state index in [1.165, 1.54) is 0 Å². The minimum absolute atomic E-state index is 0.308. The number of carbonyl (C=O) groups is 2. The summed E-state index contributed by atoms with van der Waals surface area (Å²) < 4.78 is 15.7. The van der Waals surface area contributed by atoms with Crippen LogP contribution in [0.5, 0.6) is 11.5 Å². The summed E-state index contributed by atoms with van der Waals surface area (Å²) in [5.41, 5.74) is -0.168. The number of unbranched alkanes of at least 4 members (excludes halogenated alkanes) is 1. The van der Waals surface area contributed by atoms with E-state index < -0.39 is 5.60 Å². The number of hydrogen-bond donors (Lipinski definition) is 1. The second kappa shape index (κ2) is 9.91. The Balaban J connectivity index is 2.51. The second-order valence-electron chi connectivity index (χ2n) is 6.28. The molecule has 0 aliphatic rings. The summed E-state index contributed by atoms with van der Waals surface area (Å²) >= 11 is 0. The number of ether oxygens (including phenoxy) is 3. The Morgan fingerprint density at radius 2 is 1.80 bits per heavy atom. The molecule has 140 valence electrons. The molecule has 0 aliphatic carbocycles. The maximum absolute atomic E-state index is 12.3. The molecular formula is C19H29NO5. The van der Waals surface area contributed by atoms with Crippen molar-refractivity contribution in [3.63, 3.8) is 0 Å². The van der Waals surface area contributed by atoms with Crippen molar-refractivity contribution in [2.45, 2.75) is 52.1 Å². The smallest absolute Gasteiger partial charge is 0.306 e. The third kappa shape index (κ3) is 6.64. The predicted octanol–water partition coefficient (Wildman–Crippen LogP) is 2.87. The summed E-state index contributed by atoms with van der Waals surface area (Å²) in [6.45, 7) is 5.63. The van der Waals surface area contributed by atoms with E-state index in [2.05, 4.69) is 5.32 Å². The molecular weight excluding hydrogens is 322 g/mol. The van der Waals surface area contributed by atoms with Crippen LogP contribution >= 0.6 is 0 Å². The zero-order valence-electron chi connectivity index (χ0n) is 15.8. The average Bonchev–Trinajstić information content (AvgIpc) is 2.59. The van der Waals surface area contributed by atoms with E-state index >= 15 is 0 Å². The summed E-state index contributed by atoms with van der Waals surface area (Å²) in [6.07, 6.45) is 2.63. The van der Waals surface area contributed by atoms with E-state index in [0.29, 0.717) is 30.9 Å². The SMILES string of the molecule is CCCCC(=O)OC(C)(C)C(=O)NCCc1ccc(OC)c(OC)c1. The molecule has 0 saturated heterocycles. The van der Waals surface area contributed by atoms with Gasteiger partial charge in [0.25, 0.3) is 5.91 Å². The van der Waals surface area contributed by atoms with Gasteiger partial charge in [0.05, 0.1) is 14.2 Å². The molecule has 25 heavy (non-hydrogen) atoms. The monoisotopic (exact) mass is 351 g/mol. The van der Waals surface area contributed by atoms with E-state index in [0.717, 1.165) is 18.4 Å². The van der Waals surface area contributed by atoms with Crippen molar-refractivity contribution < 1.29 is 23.8 Å². The number of carbonyl (C=O) groups excluding carboxylic acids is 2. The number of amides is 1. The van der Waals surface area contributed by atoms with Crippen molar-refractivity contribution in [3.8, 4) is 11.5 Å². The highest BCUT2D eigenvalue weighted by molar-refractivity contribution is 5.87. The zero-order valence-corrected chi connectivity index (χ0v) is 15.8. The number of rotatable bonds is 10. The van der Waals surface area contributed by atoms with Crippen molar-refractivity contribution in [1.82, 2.24) is 5.32 Å². The molecule has 0 heterocycles. The van der Waals surface area contributed by atoms with E-state index in [4.69, 9.17) is 14.2 Å². The maximum atomic E-state index is 12.3. The molecule has 0 fully saturated rings. The first kappa shape index (κ1) is 20.8. The minimum atomic E-state index is -1.18. The Kier molecular flexibility index (Phi) is 8.25. The standard InChI is InChI=1S/C19H29NO5/c1-6-7-8-17(21)25-19(2,3)18(22)20-12-11-14-9-10-15(23-4)16(13-14)24-5/h9-10,13H,6-8,11-12H2,1-5H3,(H,20,22). The van der Waals surface area contributed by atoms with Crippen LogP contribution in [0.4, 0.5) is 0 Å².